The number of ether oxygens (including phenoxy) is 1. The number of carbonyl (C=O) groups is 1. The van der Waals surface area contributed by atoms with E-state index in [1.165, 1.54) is 0 Å². The van der Waals surface area contributed by atoms with Crippen LogP contribution in [-0.2, 0) is 20.3 Å². The summed E-state index contributed by atoms with van der Waals surface area (Å²) in [6.45, 7) is 7.49. The maximum atomic E-state index is 11.3. The Morgan fingerprint density at radius 1 is 1.47 bits per heavy atom. The third-order valence-corrected chi connectivity index (χ3v) is 3.51. The fourth-order valence-electron chi connectivity index (χ4n) is 1.20. The first-order chi connectivity index (χ1) is 6.99. The second kappa shape index (κ2) is 7.63. The van der Waals surface area contributed by atoms with Crippen LogP contribution in [0.1, 0.15) is 33.1 Å². The number of rotatable bonds is 7. The highest BCUT2D eigenvalue weighted by atomic mass is 32.2. The predicted octanol–water partition coefficient (Wildman–Crippen LogP) is 2.04. The molecule has 0 spiro atoms. The minimum absolute atomic E-state index is 0.132. The van der Waals surface area contributed by atoms with E-state index in [1.54, 1.807) is 13.2 Å². The van der Waals surface area contributed by atoms with E-state index in [2.05, 4.69) is 13.5 Å². The van der Waals surface area contributed by atoms with Gasteiger partial charge in [0.25, 0.3) is 0 Å². The molecule has 0 aromatic carbocycles. The normalized spacial score (nSPS) is 14.3. The van der Waals surface area contributed by atoms with Crippen LogP contribution in [0, 0.1) is 0 Å². The molecule has 2 unspecified atom stereocenters. The topological polar surface area (TPSA) is 43.4 Å². The van der Waals surface area contributed by atoms with Crippen LogP contribution in [0.25, 0.3) is 0 Å². The molecule has 0 N–H and O–H groups in total. The number of hydrogen-bond acceptors (Lipinski definition) is 3. The molecule has 0 aromatic heterocycles. The van der Waals surface area contributed by atoms with Crippen molar-refractivity contribution in [3.8, 4) is 0 Å². The minimum Gasteiger partial charge on any atom is -0.462 e. The SMILES string of the molecule is C=C(C)C(=O)OCCC(CCC)S(C)=O. The zero-order chi connectivity index (χ0) is 11.8. The lowest BCUT2D eigenvalue weighted by Crippen LogP contribution is -2.18. The van der Waals surface area contributed by atoms with Gasteiger partial charge < -0.3 is 4.74 Å². The highest BCUT2D eigenvalue weighted by Gasteiger charge is 2.12. The van der Waals surface area contributed by atoms with Crippen LogP contribution in [0.15, 0.2) is 12.2 Å². The molecule has 0 heterocycles. The predicted molar refractivity (Wildman–Crippen MR) is 63.2 cm³/mol. The highest BCUT2D eigenvalue weighted by Crippen LogP contribution is 2.09. The van der Waals surface area contributed by atoms with E-state index < -0.39 is 10.8 Å². The molecule has 0 saturated heterocycles. The van der Waals surface area contributed by atoms with Crippen LogP contribution in [0.4, 0.5) is 0 Å². The van der Waals surface area contributed by atoms with Gasteiger partial charge in [0.15, 0.2) is 0 Å². The Balaban J connectivity index is 3.85. The first-order valence-corrected chi connectivity index (χ1v) is 6.76. The molecular formula is C11H20O3S. The zero-order valence-corrected chi connectivity index (χ0v) is 10.6. The van der Waals surface area contributed by atoms with Crippen molar-refractivity contribution in [2.45, 2.75) is 38.4 Å². The smallest absolute Gasteiger partial charge is 0.333 e. The molecule has 0 radical (unpaired) electrons. The van der Waals surface area contributed by atoms with Gasteiger partial charge in [0, 0.05) is 27.9 Å². The van der Waals surface area contributed by atoms with Crippen LogP contribution in [-0.4, -0.2) is 28.3 Å². The van der Waals surface area contributed by atoms with E-state index in [0.717, 1.165) is 12.8 Å². The molecule has 0 aliphatic carbocycles. The van der Waals surface area contributed by atoms with Crippen molar-refractivity contribution in [1.29, 1.82) is 0 Å². The molecule has 3 nitrogen and oxygen atoms in total. The van der Waals surface area contributed by atoms with Crippen molar-refractivity contribution in [2.24, 2.45) is 0 Å². The Labute approximate surface area is 94.3 Å². The Morgan fingerprint density at radius 2 is 2.07 bits per heavy atom. The molecule has 88 valence electrons. The Hall–Kier alpha value is -0.640. The summed E-state index contributed by atoms with van der Waals surface area (Å²) >= 11 is 0. The quantitative estimate of drug-likeness (QED) is 0.498. The van der Waals surface area contributed by atoms with Crippen LogP contribution in [0.3, 0.4) is 0 Å². The van der Waals surface area contributed by atoms with Gasteiger partial charge in [-0.1, -0.05) is 19.9 Å². The minimum atomic E-state index is -0.842. The maximum Gasteiger partial charge on any atom is 0.333 e. The molecule has 0 aliphatic rings. The summed E-state index contributed by atoms with van der Waals surface area (Å²) in [5, 5.41) is 0.132. The van der Waals surface area contributed by atoms with Crippen molar-refractivity contribution >= 4 is 16.8 Å². The highest BCUT2D eigenvalue weighted by molar-refractivity contribution is 7.84. The van der Waals surface area contributed by atoms with Crippen molar-refractivity contribution < 1.29 is 13.7 Å². The molecule has 0 aromatic rings. The van der Waals surface area contributed by atoms with Gasteiger partial charge in [-0.3, -0.25) is 4.21 Å². The second-order valence-electron chi connectivity index (χ2n) is 3.61. The lowest BCUT2D eigenvalue weighted by Gasteiger charge is -2.13. The van der Waals surface area contributed by atoms with Crippen molar-refractivity contribution in [1.82, 2.24) is 0 Å². The second-order valence-corrected chi connectivity index (χ2v) is 5.28. The van der Waals surface area contributed by atoms with Gasteiger partial charge in [-0.05, 0) is 19.8 Å². The summed E-state index contributed by atoms with van der Waals surface area (Å²) in [5.74, 6) is -0.368. The van der Waals surface area contributed by atoms with Crippen molar-refractivity contribution in [3.63, 3.8) is 0 Å². The lowest BCUT2D eigenvalue weighted by atomic mass is 10.2. The van der Waals surface area contributed by atoms with Gasteiger partial charge in [-0.25, -0.2) is 4.79 Å². The maximum absolute atomic E-state index is 11.3. The van der Waals surface area contributed by atoms with Crippen LogP contribution in [0.2, 0.25) is 0 Å². The van der Waals surface area contributed by atoms with E-state index in [4.69, 9.17) is 4.74 Å². The van der Waals surface area contributed by atoms with Crippen LogP contribution < -0.4 is 0 Å². The molecule has 2 atom stereocenters. The van der Waals surface area contributed by atoms with Gasteiger partial charge in [-0.2, -0.15) is 0 Å². The lowest BCUT2D eigenvalue weighted by molar-refractivity contribution is -0.139. The van der Waals surface area contributed by atoms with E-state index in [0.29, 0.717) is 18.6 Å². The Kier molecular flexibility index (Phi) is 7.30. The van der Waals surface area contributed by atoms with Crippen LogP contribution >= 0.6 is 0 Å². The molecule has 0 amide bonds. The fourth-order valence-corrected chi connectivity index (χ4v) is 2.20. The first kappa shape index (κ1) is 14.4. The monoisotopic (exact) mass is 232 g/mol. The molecule has 4 heteroatoms. The van der Waals surface area contributed by atoms with E-state index >= 15 is 0 Å². The van der Waals surface area contributed by atoms with Gasteiger partial charge >= 0.3 is 5.97 Å². The van der Waals surface area contributed by atoms with E-state index in [-0.39, 0.29) is 11.2 Å². The Morgan fingerprint density at radius 3 is 2.47 bits per heavy atom. The summed E-state index contributed by atoms with van der Waals surface area (Å²) < 4.78 is 16.3. The average molecular weight is 232 g/mol. The average Bonchev–Trinajstić information content (AvgIpc) is 2.15. The molecule has 0 bridgehead atoms. The van der Waals surface area contributed by atoms with E-state index in [9.17, 15) is 9.00 Å². The standard InChI is InChI=1S/C11H20O3S/c1-5-6-10(15(4)13)7-8-14-11(12)9(2)3/h10H,2,5-8H2,1,3-4H3. The van der Waals surface area contributed by atoms with Crippen molar-refractivity contribution in [3.05, 3.63) is 12.2 Å². The summed E-state index contributed by atoms with van der Waals surface area (Å²) in [4.78, 5) is 11.1. The summed E-state index contributed by atoms with van der Waals surface area (Å²) in [5.41, 5.74) is 0.402. The third-order valence-electron chi connectivity index (χ3n) is 2.10. The van der Waals surface area contributed by atoms with Gasteiger partial charge in [-0.15, -0.1) is 0 Å². The summed E-state index contributed by atoms with van der Waals surface area (Å²) in [6, 6.07) is 0. The summed E-state index contributed by atoms with van der Waals surface area (Å²) in [7, 11) is -0.842. The molecule has 0 aliphatic heterocycles. The Bertz CT molecular complexity index is 248. The molecule has 15 heavy (non-hydrogen) atoms. The van der Waals surface area contributed by atoms with Gasteiger partial charge in [0.05, 0.1) is 6.61 Å². The molecule has 0 rings (SSSR count). The number of esters is 1. The van der Waals surface area contributed by atoms with E-state index in [1.807, 2.05) is 0 Å². The van der Waals surface area contributed by atoms with Gasteiger partial charge in [0.1, 0.15) is 0 Å². The molecular weight excluding hydrogens is 212 g/mol. The molecule has 0 fully saturated rings. The largest absolute Gasteiger partial charge is 0.462 e. The van der Waals surface area contributed by atoms with Crippen LogP contribution in [0.5, 0.6) is 0 Å². The summed E-state index contributed by atoms with van der Waals surface area (Å²) in [6.07, 6.45) is 4.27. The van der Waals surface area contributed by atoms with Gasteiger partial charge in [0.2, 0.25) is 0 Å². The third kappa shape index (κ3) is 6.44. The number of hydrogen-bond donors (Lipinski definition) is 0. The zero-order valence-electron chi connectivity index (χ0n) is 9.75. The first-order valence-electron chi connectivity index (χ1n) is 5.13. The van der Waals surface area contributed by atoms with Crippen molar-refractivity contribution in [2.75, 3.05) is 12.9 Å². The number of carbonyl (C=O) groups excluding carboxylic acids is 1. The molecule has 0 saturated carbocycles. The fraction of sp³-hybridized carbons (Fsp3) is 0.727.